The second kappa shape index (κ2) is 8.91. The maximum atomic E-state index is 12.8. The summed E-state index contributed by atoms with van der Waals surface area (Å²) in [4.78, 5) is 14.9. The molecule has 172 valence electrons. The van der Waals surface area contributed by atoms with Gasteiger partial charge in [-0.2, -0.15) is 4.31 Å². The second-order valence-electron chi connectivity index (χ2n) is 8.11. The summed E-state index contributed by atoms with van der Waals surface area (Å²) >= 11 is 0. The summed E-state index contributed by atoms with van der Waals surface area (Å²) in [5, 5.41) is 2.68. The molecule has 0 aromatic heterocycles. The van der Waals surface area contributed by atoms with E-state index in [0.29, 0.717) is 31.9 Å². The molecule has 9 nitrogen and oxygen atoms in total. The average Bonchev–Trinajstić information content (AvgIpc) is 3.58. The molecule has 1 aliphatic heterocycles. The fourth-order valence-electron chi connectivity index (χ4n) is 3.38. The van der Waals surface area contributed by atoms with Crippen LogP contribution in [0.5, 0.6) is 0 Å². The van der Waals surface area contributed by atoms with Crippen LogP contribution in [-0.4, -0.2) is 71.2 Å². The summed E-state index contributed by atoms with van der Waals surface area (Å²) in [6.45, 7) is 2.23. The molecule has 2 N–H and O–H groups in total. The van der Waals surface area contributed by atoms with Gasteiger partial charge in [-0.1, -0.05) is 6.07 Å². The van der Waals surface area contributed by atoms with E-state index in [1.807, 2.05) is 7.05 Å². The van der Waals surface area contributed by atoms with E-state index in [-0.39, 0.29) is 21.4 Å². The molecule has 11 heteroatoms. The van der Waals surface area contributed by atoms with Gasteiger partial charge in [0.05, 0.1) is 9.79 Å². The molecule has 1 amide bonds. The number of piperazine rings is 1. The minimum absolute atomic E-state index is 0.0295. The second-order valence-corrected chi connectivity index (χ2v) is 11.8. The van der Waals surface area contributed by atoms with Crippen molar-refractivity contribution in [3.8, 4) is 0 Å². The number of likely N-dealkylation sites (N-methyl/N-ethyl adjacent to an activating group) is 1. The number of hydrogen-bond donors (Lipinski definition) is 2. The highest BCUT2D eigenvalue weighted by atomic mass is 32.2. The Hall–Kier alpha value is -2.31. The highest BCUT2D eigenvalue weighted by Crippen LogP contribution is 2.23. The van der Waals surface area contributed by atoms with Gasteiger partial charge in [0, 0.05) is 43.5 Å². The topological polar surface area (TPSA) is 116 Å². The molecule has 4 rings (SSSR count). The van der Waals surface area contributed by atoms with Crippen LogP contribution in [0.25, 0.3) is 0 Å². The van der Waals surface area contributed by atoms with Crippen molar-refractivity contribution >= 4 is 31.6 Å². The normalized spacial score (nSPS) is 18.4. The van der Waals surface area contributed by atoms with E-state index in [4.69, 9.17) is 0 Å². The molecule has 0 unspecified atom stereocenters. The first kappa shape index (κ1) is 22.9. The lowest BCUT2D eigenvalue weighted by molar-refractivity contribution is 0.102. The van der Waals surface area contributed by atoms with Gasteiger partial charge in [0.15, 0.2) is 0 Å². The van der Waals surface area contributed by atoms with Crippen LogP contribution in [0.15, 0.2) is 58.3 Å². The molecular weight excluding hydrogens is 452 g/mol. The van der Waals surface area contributed by atoms with Gasteiger partial charge in [-0.15, -0.1) is 0 Å². The van der Waals surface area contributed by atoms with Crippen molar-refractivity contribution in [2.45, 2.75) is 28.7 Å². The Morgan fingerprint density at radius 3 is 2.19 bits per heavy atom. The monoisotopic (exact) mass is 478 g/mol. The molecule has 1 heterocycles. The zero-order valence-corrected chi connectivity index (χ0v) is 19.3. The highest BCUT2D eigenvalue weighted by molar-refractivity contribution is 7.89. The molecule has 2 fully saturated rings. The number of sulfonamides is 2. The van der Waals surface area contributed by atoms with Gasteiger partial charge in [0.25, 0.3) is 5.91 Å². The Balaban J connectivity index is 1.44. The number of nitrogens with one attached hydrogen (secondary N) is 2. The van der Waals surface area contributed by atoms with Crippen molar-refractivity contribution in [1.29, 1.82) is 0 Å². The van der Waals surface area contributed by atoms with Crippen LogP contribution in [0.1, 0.15) is 23.2 Å². The van der Waals surface area contributed by atoms with Gasteiger partial charge in [-0.05, 0) is 62.4 Å². The molecule has 0 bridgehead atoms. The smallest absolute Gasteiger partial charge is 0.255 e. The van der Waals surface area contributed by atoms with E-state index in [1.165, 1.54) is 52.8 Å². The molecular formula is C21H26N4O5S2. The van der Waals surface area contributed by atoms with E-state index in [9.17, 15) is 21.6 Å². The largest absolute Gasteiger partial charge is 0.322 e. The lowest BCUT2D eigenvalue weighted by Crippen LogP contribution is -2.46. The summed E-state index contributed by atoms with van der Waals surface area (Å²) in [5.74, 6) is -0.483. The van der Waals surface area contributed by atoms with E-state index < -0.39 is 26.0 Å². The zero-order chi connectivity index (χ0) is 22.9. The lowest BCUT2D eigenvalue weighted by Gasteiger charge is -2.31. The first-order chi connectivity index (χ1) is 15.1. The standard InChI is InChI=1S/C21H26N4O5S2/c1-24-11-13-25(14-12-24)32(29,30)19-9-7-17(8-10-19)22-21(26)16-3-2-4-20(15-16)31(27,28)23-18-5-6-18/h2-4,7-10,15,18,23H,5-6,11-14H2,1H3,(H,22,26). The van der Waals surface area contributed by atoms with Crippen molar-refractivity contribution in [2.75, 3.05) is 38.5 Å². The average molecular weight is 479 g/mol. The maximum Gasteiger partial charge on any atom is 0.255 e. The Labute approximate surface area is 188 Å². The molecule has 32 heavy (non-hydrogen) atoms. The fourth-order valence-corrected chi connectivity index (χ4v) is 6.16. The predicted molar refractivity (Wildman–Crippen MR) is 120 cm³/mol. The number of hydrogen-bond acceptors (Lipinski definition) is 6. The van der Waals surface area contributed by atoms with Gasteiger partial charge in [0.1, 0.15) is 0 Å². The molecule has 1 saturated heterocycles. The molecule has 1 saturated carbocycles. The zero-order valence-electron chi connectivity index (χ0n) is 17.7. The Morgan fingerprint density at radius 1 is 0.906 bits per heavy atom. The van der Waals surface area contributed by atoms with Crippen molar-refractivity contribution in [3.63, 3.8) is 0 Å². The predicted octanol–water partition coefficient (Wildman–Crippen LogP) is 1.32. The van der Waals surface area contributed by atoms with E-state index in [1.54, 1.807) is 0 Å². The SMILES string of the molecule is CN1CCN(S(=O)(=O)c2ccc(NC(=O)c3cccc(S(=O)(=O)NC4CC4)c3)cc2)CC1. The summed E-state index contributed by atoms with van der Waals surface area (Å²) in [6, 6.07) is 11.8. The van der Waals surface area contributed by atoms with Gasteiger partial charge in [0.2, 0.25) is 20.0 Å². The first-order valence-electron chi connectivity index (χ1n) is 10.4. The number of carbonyl (C=O) groups is 1. The van der Waals surface area contributed by atoms with Crippen LogP contribution in [0.4, 0.5) is 5.69 Å². The van der Waals surface area contributed by atoms with Crippen LogP contribution in [-0.2, 0) is 20.0 Å². The lowest BCUT2D eigenvalue weighted by atomic mass is 10.2. The number of nitrogens with zero attached hydrogens (tertiary/aromatic N) is 2. The molecule has 0 atom stereocenters. The van der Waals surface area contributed by atoms with E-state index >= 15 is 0 Å². The first-order valence-corrected chi connectivity index (χ1v) is 13.3. The summed E-state index contributed by atoms with van der Waals surface area (Å²) < 4.78 is 54.5. The van der Waals surface area contributed by atoms with Crippen LogP contribution in [0.2, 0.25) is 0 Å². The fraction of sp³-hybridized carbons (Fsp3) is 0.381. The van der Waals surface area contributed by atoms with Crippen LogP contribution in [0, 0.1) is 0 Å². The number of rotatable bonds is 7. The molecule has 1 aliphatic carbocycles. The maximum absolute atomic E-state index is 12.8. The number of anilines is 1. The Bertz CT molecular complexity index is 1200. The van der Waals surface area contributed by atoms with Gasteiger partial charge >= 0.3 is 0 Å². The number of amides is 1. The highest BCUT2D eigenvalue weighted by Gasteiger charge is 2.29. The number of benzene rings is 2. The van der Waals surface area contributed by atoms with Crippen LogP contribution in [0.3, 0.4) is 0 Å². The summed E-state index contributed by atoms with van der Waals surface area (Å²) in [7, 11) is -5.30. The van der Waals surface area contributed by atoms with Crippen molar-refractivity contribution < 1.29 is 21.6 Å². The minimum Gasteiger partial charge on any atom is -0.322 e. The van der Waals surface area contributed by atoms with Gasteiger partial charge in [-0.3, -0.25) is 4.79 Å². The quantitative estimate of drug-likeness (QED) is 0.620. The molecule has 2 aromatic rings. The van der Waals surface area contributed by atoms with Crippen LogP contribution >= 0.6 is 0 Å². The molecule has 0 radical (unpaired) electrons. The Kier molecular flexibility index (Phi) is 6.37. The van der Waals surface area contributed by atoms with Crippen LogP contribution < -0.4 is 10.0 Å². The summed E-state index contributed by atoms with van der Waals surface area (Å²) in [6.07, 6.45) is 1.64. The number of carbonyl (C=O) groups excluding carboxylic acids is 1. The van der Waals surface area contributed by atoms with Crippen molar-refractivity contribution in [1.82, 2.24) is 13.9 Å². The summed E-state index contributed by atoms with van der Waals surface area (Å²) in [5.41, 5.74) is 0.606. The van der Waals surface area contributed by atoms with E-state index in [0.717, 1.165) is 12.8 Å². The third-order valence-corrected chi connectivity index (χ3v) is 8.95. The van der Waals surface area contributed by atoms with Gasteiger partial charge < -0.3 is 10.2 Å². The van der Waals surface area contributed by atoms with E-state index in [2.05, 4.69) is 14.9 Å². The molecule has 2 aromatic carbocycles. The van der Waals surface area contributed by atoms with Crippen molar-refractivity contribution in [2.24, 2.45) is 0 Å². The third kappa shape index (κ3) is 5.18. The minimum atomic E-state index is -3.67. The third-order valence-electron chi connectivity index (χ3n) is 5.52. The van der Waals surface area contributed by atoms with Gasteiger partial charge in [-0.25, -0.2) is 21.6 Å². The molecule has 0 spiro atoms. The van der Waals surface area contributed by atoms with Crippen molar-refractivity contribution in [3.05, 3.63) is 54.1 Å². The Morgan fingerprint density at radius 2 is 1.56 bits per heavy atom. The molecule has 2 aliphatic rings.